The van der Waals surface area contributed by atoms with Crippen molar-refractivity contribution in [2.75, 3.05) is 0 Å². The third-order valence-electron chi connectivity index (χ3n) is 3.51. The zero-order chi connectivity index (χ0) is 12.9. The van der Waals surface area contributed by atoms with Crippen LogP contribution in [0.4, 0.5) is 0 Å². The van der Waals surface area contributed by atoms with Crippen molar-refractivity contribution in [1.82, 2.24) is 3.48 Å². The zero-order valence-electron chi connectivity index (χ0n) is 10.9. The molecule has 3 aromatic rings. The average Bonchev–Trinajstić information content (AvgIpc) is 2.63. The molecule has 0 unspecified atom stereocenters. The van der Waals surface area contributed by atoms with Gasteiger partial charge in [0.2, 0.25) is 0 Å². The molecule has 0 N–H and O–H groups in total. The summed E-state index contributed by atoms with van der Waals surface area (Å²) < 4.78 is 2.23. The van der Waals surface area contributed by atoms with Crippen LogP contribution in [0.5, 0.6) is 0 Å². The summed E-state index contributed by atoms with van der Waals surface area (Å²) >= 11 is 2.66. The van der Waals surface area contributed by atoms with Gasteiger partial charge in [0.15, 0.2) is 0 Å². The van der Waals surface area contributed by atoms with Crippen LogP contribution < -0.4 is 0 Å². The quantitative estimate of drug-likeness (QED) is 0.552. The number of para-hydroxylation sites is 1. The second-order valence-corrected chi connectivity index (χ2v) is 6.65. The maximum absolute atomic E-state index is 2.66. The molecule has 2 radical (unpaired) electrons. The summed E-state index contributed by atoms with van der Waals surface area (Å²) in [6.45, 7) is 6.77. The molecule has 90 valence electrons. The van der Waals surface area contributed by atoms with Gasteiger partial charge >= 0.3 is 117 Å². The van der Waals surface area contributed by atoms with Gasteiger partial charge in [-0.1, -0.05) is 0 Å². The van der Waals surface area contributed by atoms with Crippen molar-refractivity contribution in [3.8, 4) is 0 Å². The maximum atomic E-state index is 2.66. The predicted molar refractivity (Wildman–Crippen MR) is 79.3 cm³/mol. The van der Waals surface area contributed by atoms with Gasteiger partial charge in [0, 0.05) is 0 Å². The van der Waals surface area contributed by atoms with Crippen LogP contribution in [0.1, 0.15) is 26.3 Å². The SMILES string of the molecule is CC(C)(C)c1ccc2c3ccccc3n([As])c2c1. The molecule has 1 heterocycles. The summed E-state index contributed by atoms with van der Waals surface area (Å²) in [6.07, 6.45) is 0. The average molecular weight is 297 g/mol. The van der Waals surface area contributed by atoms with E-state index in [0.29, 0.717) is 0 Å². The van der Waals surface area contributed by atoms with Crippen molar-refractivity contribution in [3.63, 3.8) is 0 Å². The van der Waals surface area contributed by atoms with E-state index >= 15 is 0 Å². The summed E-state index contributed by atoms with van der Waals surface area (Å²) in [5.41, 5.74) is 4.14. The van der Waals surface area contributed by atoms with E-state index in [4.69, 9.17) is 0 Å². The summed E-state index contributed by atoms with van der Waals surface area (Å²) in [4.78, 5) is 0. The topological polar surface area (TPSA) is 4.93 Å². The molecule has 0 bridgehead atoms. The normalized spacial score (nSPS) is 12.4. The van der Waals surface area contributed by atoms with E-state index in [0.717, 1.165) is 0 Å². The van der Waals surface area contributed by atoms with Gasteiger partial charge in [-0.25, -0.2) is 0 Å². The van der Waals surface area contributed by atoms with Gasteiger partial charge in [0.1, 0.15) is 0 Å². The first-order valence-corrected chi connectivity index (χ1v) is 7.05. The van der Waals surface area contributed by atoms with Crippen LogP contribution in [0.15, 0.2) is 42.5 Å². The van der Waals surface area contributed by atoms with Gasteiger partial charge in [-0.3, -0.25) is 0 Å². The fraction of sp³-hybridized carbons (Fsp3) is 0.250. The van der Waals surface area contributed by atoms with E-state index in [1.54, 1.807) is 0 Å². The fourth-order valence-corrected chi connectivity index (χ4v) is 3.13. The molecule has 2 heteroatoms. The molecule has 1 aromatic heterocycles. The molecule has 0 atom stereocenters. The van der Waals surface area contributed by atoms with Gasteiger partial charge in [0.25, 0.3) is 0 Å². The predicted octanol–water partition coefficient (Wildman–Crippen LogP) is 4.02. The number of nitrogens with zero attached hydrogens (tertiary/aromatic N) is 1. The molecule has 0 spiro atoms. The van der Waals surface area contributed by atoms with E-state index in [-0.39, 0.29) is 5.41 Å². The molecule has 2 aromatic carbocycles. The molecular formula is C16H16AsN. The summed E-state index contributed by atoms with van der Waals surface area (Å²) in [5.74, 6) is 0. The Morgan fingerprint density at radius 3 is 2.28 bits per heavy atom. The number of hydrogen-bond acceptors (Lipinski definition) is 0. The Bertz CT molecular complexity index is 732. The molecule has 0 saturated carbocycles. The van der Waals surface area contributed by atoms with E-state index in [1.807, 2.05) is 0 Å². The summed E-state index contributed by atoms with van der Waals surface area (Å²) in [7, 11) is 0. The Hall–Kier alpha value is -1.20. The molecule has 1 nitrogen and oxygen atoms in total. The molecular weight excluding hydrogens is 281 g/mol. The number of rotatable bonds is 0. The van der Waals surface area contributed by atoms with Crippen molar-refractivity contribution in [3.05, 3.63) is 48.0 Å². The second kappa shape index (κ2) is 3.90. The van der Waals surface area contributed by atoms with Crippen LogP contribution in [-0.2, 0) is 5.41 Å². The molecule has 0 saturated heterocycles. The van der Waals surface area contributed by atoms with E-state index in [9.17, 15) is 0 Å². The minimum absolute atomic E-state index is 0.192. The first-order chi connectivity index (χ1) is 8.48. The Labute approximate surface area is 117 Å². The van der Waals surface area contributed by atoms with Crippen molar-refractivity contribution in [1.29, 1.82) is 0 Å². The number of benzene rings is 2. The monoisotopic (exact) mass is 297 g/mol. The molecule has 0 aliphatic rings. The molecule has 18 heavy (non-hydrogen) atoms. The summed E-state index contributed by atoms with van der Waals surface area (Å²) in [6, 6.07) is 15.4. The van der Waals surface area contributed by atoms with Gasteiger partial charge in [0.05, 0.1) is 0 Å². The van der Waals surface area contributed by atoms with Crippen LogP contribution >= 0.6 is 0 Å². The number of aromatic nitrogens is 1. The molecule has 0 aliphatic carbocycles. The van der Waals surface area contributed by atoms with Gasteiger partial charge in [-0.2, -0.15) is 0 Å². The third kappa shape index (κ3) is 1.69. The van der Waals surface area contributed by atoms with Crippen LogP contribution in [0, 0.1) is 0 Å². The second-order valence-electron chi connectivity index (χ2n) is 5.81. The van der Waals surface area contributed by atoms with Crippen molar-refractivity contribution >= 4 is 38.9 Å². The minimum atomic E-state index is 0.192. The first kappa shape index (κ1) is 11.9. The number of fused-ring (bicyclic) bond motifs is 3. The summed E-state index contributed by atoms with van der Waals surface area (Å²) in [5, 5.41) is 2.66. The van der Waals surface area contributed by atoms with Crippen LogP contribution in [-0.4, -0.2) is 20.6 Å². The molecule has 0 fully saturated rings. The first-order valence-electron chi connectivity index (χ1n) is 6.21. The van der Waals surface area contributed by atoms with E-state index in [1.165, 1.54) is 27.4 Å². The van der Waals surface area contributed by atoms with Crippen LogP contribution in [0.25, 0.3) is 21.8 Å². The number of hydrogen-bond donors (Lipinski definition) is 0. The molecule has 0 amide bonds. The standard InChI is InChI=1S/C16H16AsN/c1-16(2,3)11-8-9-13-12-6-4-5-7-14(12)18(17)15(13)10-11/h4-10H,1-3H3. The van der Waals surface area contributed by atoms with Gasteiger partial charge in [-0.05, 0) is 0 Å². The van der Waals surface area contributed by atoms with Crippen molar-refractivity contribution in [2.45, 2.75) is 26.2 Å². The zero-order valence-corrected chi connectivity index (χ0v) is 12.8. The Morgan fingerprint density at radius 1 is 0.889 bits per heavy atom. The third-order valence-corrected chi connectivity index (χ3v) is 4.42. The Kier molecular flexibility index (Phi) is 2.57. The van der Waals surface area contributed by atoms with Crippen molar-refractivity contribution in [2.24, 2.45) is 0 Å². The van der Waals surface area contributed by atoms with Crippen LogP contribution in [0.3, 0.4) is 0 Å². The molecule has 0 aliphatic heterocycles. The van der Waals surface area contributed by atoms with Crippen LogP contribution in [0.2, 0.25) is 0 Å². The van der Waals surface area contributed by atoms with Crippen molar-refractivity contribution < 1.29 is 0 Å². The fourth-order valence-electron chi connectivity index (χ4n) is 2.42. The van der Waals surface area contributed by atoms with Gasteiger partial charge in [-0.15, -0.1) is 0 Å². The van der Waals surface area contributed by atoms with E-state index < -0.39 is 0 Å². The molecule has 3 rings (SSSR count). The van der Waals surface area contributed by atoms with Gasteiger partial charge < -0.3 is 0 Å². The Morgan fingerprint density at radius 2 is 1.56 bits per heavy atom. The van der Waals surface area contributed by atoms with E-state index in [2.05, 4.69) is 83.8 Å². The Balaban J connectivity index is 2.42.